The number of amidine groups is 1. The molecule has 0 aliphatic rings. The Morgan fingerprint density at radius 1 is 0.587 bits per heavy atom. The Labute approximate surface area is 268 Å². The van der Waals surface area contributed by atoms with Crippen LogP contribution in [0.2, 0.25) is 0 Å². The summed E-state index contributed by atoms with van der Waals surface area (Å²) in [6.45, 7) is 6.39. The average Bonchev–Trinajstić information content (AvgIpc) is 3.51. The molecule has 0 N–H and O–H groups in total. The van der Waals surface area contributed by atoms with Crippen molar-refractivity contribution >= 4 is 51.1 Å². The number of nitrogens with zero attached hydrogens (tertiary/aromatic N) is 3. The molecule has 0 amide bonds. The summed E-state index contributed by atoms with van der Waals surface area (Å²) in [4.78, 5) is 14.6. The van der Waals surface area contributed by atoms with Crippen molar-refractivity contribution in [2.75, 3.05) is 0 Å². The fourth-order valence-electron chi connectivity index (χ4n) is 5.52. The van der Waals surface area contributed by atoms with E-state index >= 15 is 0 Å². The number of benzene rings is 6. The molecule has 0 unspecified atom stereocenters. The number of aliphatic imine (C=N–C) groups is 3. The van der Waals surface area contributed by atoms with Gasteiger partial charge in [0, 0.05) is 39.4 Å². The van der Waals surface area contributed by atoms with Gasteiger partial charge < -0.3 is 4.42 Å². The number of hydrogen-bond donors (Lipinski definition) is 0. The second kappa shape index (κ2) is 12.8. The van der Waals surface area contributed by atoms with Gasteiger partial charge in [0.2, 0.25) is 0 Å². The zero-order chi connectivity index (χ0) is 31.3. The second-order valence-electron chi connectivity index (χ2n) is 11.0. The lowest BCUT2D eigenvalue weighted by Crippen LogP contribution is -2.04. The normalized spacial score (nSPS) is 12.3. The van der Waals surface area contributed by atoms with E-state index in [1.165, 1.54) is 0 Å². The summed E-state index contributed by atoms with van der Waals surface area (Å²) in [5.74, 6) is 0.593. The van der Waals surface area contributed by atoms with Crippen LogP contribution in [0.25, 0.3) is 38.8 Å². The summed E-state index contributed by atoms with van der Waals surface area (Å²) in [6, 6.07) is 50.8. The predicted molar refractivity (Wildman–Crippen MR) is 194 cm³/mol. The lowest BCUT2D eigenvalue weighted by molar-refractivity contribution is 0.668. The van der Waals surface area contributed by atoms with Gasteiger partial charge >= 0.3 is 0 Å². The zero-order valence-electron chi connectivity index (χ0n) is 25.5. The third-order valence-electron chi connectivity index (χ3n) is 7.91. The van der Waals surface area contributed by atoms with Gasteiger partial charge in [-0.3, -0.25) is 4.99 Å². The standard InChI is InChI=1S/C42H31N3O/c1-29(32-16-8-4-9-17-32)44-42(34-18-10-5-11-19-34)45-30(2)36-20-12-22-38-39-23-13-21-37(41(39)46-40(36)38)33-24-26-35(27-25-33)43-28-31-14-6-3-7-15-31/h3-28H,2H2,1H3. The maximum atomic E-state index is 6.67. The summed E-state index contributed by atoms with van der Waals surface area (Å²) in [5, 5.41) is 2.05. The molecule has 1 aromatic heterocycles. The zero-order valence-corrected chi connectivity index (χ0v) is 25.5. The first-order valence-electron chi connectivity index (χ1n) is 15.2. The minimum atomic E-state index is 0.579. The van der Waals surface area contributed by atoms with Crippen LogP contribution in [0, 0.1) is 0 Å². The van der Waals surface area contributed by atoms with Crippen molar-refractivity contribution in [2.24, 2.45) is 15.0 Å². The molecular formula is C42H31N3O. The maximum absolute atomic E-state index is 6.67. The van der Waals surface area contributed by atoms with Crippen LogP contribution < -0.4 is 0 Å². The minimum absolute atomic E-state index is 0.579. The Bertz CT molecular complexity index is 2240. The summed E-state index contributed by atoms with van der Waals surface area (Å²) < 4.78 is 6.67. The summed E-state index contributed by atoms with van der Waals surface area (Å²) in [6.07, 6.45) is 1.88. The van der Waals surface area contributed by atoms with Crippen LogP contribution in [0.1, 0.15) is 29.2 Å². The highest BCUT2D eigenvalue weighted by atomic mass is 16.3. The van der Waals surface area contributed by atoms with Gasteiger partial charge in [-0.15, -0.1) is 0 Å². The van der Waals surface area contributed by atoms with E-state index in [2.05, 4.69) is 60.1 Å². The lowest BCUT2D eigenvalue weighted by atomic mass is 10.0. The average molecular weight is 594 g/mol. The fourth-order valence-corrected chi connectivity index (χ4v) is 5.52. The van der Waals surface area contributed by atoms with E-state index in [0.29, 0.717) is 11.5 Å². The first kappa shape index (κ1) is 28.6. The molecule has 220 valence electrons. The number of furan rings is 1. The quantitative estimate of drug-likeness (QED) is 0.134. The van der Waals surface area contributed by atoms with Crippen molar-refractivity contribution in [2.45, 2.75) is 6.92 Å². The number of fused-ring (bicyclic) bond motifs is 3. The summed E-state index contributed by atoms with van der Waals surface area (Å²) in [5.41, 5.74) is 9.83. The summed E-state index contributed by atoms with van der Waals surface area (Å²) in [7, 11) is 0. The lowest BCUT2D eigenvalue weighted by Gasteiger charge is -2.07. The molecule has 4 heteroatoms. The first-order chi connectivity index (χ1) is 22.6. The Balaban J connectivity index is 1.26. The van der Waals surface area contributed by atoms with Crippen LogP contribution in [0.15, 0.2) is 178 Å². The highest BCUT2D eigenvalue weighted by molar-refractivity contribution is 6.14. The van der Waals surface area contributed by atoms with Crippen LogP contribution in [-0.4, -0.2) is 17.8 Å². The van der Waals surface area contributed by atoms with E-state index in [-0.39, 0.29) is 0 Å². The largest absolute Gasteiger partial charge is 0.455 e. The Morgan fingerprint density at radius 2 is 1.20 bits per heavy atom. The van der Waals surface area contributed by atoms with Crippen molar-refractivity contribution in [1.82, 2.24) is 0 Å². The SMILES string of the molecule is C=C(N=C(N=C(C)c1ccccc1)c1ccccc1)c1cccc2c1oc1c(-c3ccc(N=Cc4ccccc4)cc3)cccc12. The fraction of sp³-hybridized carbons (Fsp3) is 0.0238. The van der Waals surface area contributed by atoms with Crippen molar-refractivity contribution < 1.29 is 4.42 Å². The molecule has 46 heavy (non-hydrogen) atoms. The molecule has 4 nitrogen and oxygen atoms in total. The summed E-state index contributed by atoms with van der Waals surface area (Å²) >= 11 is 0. The second-order valence-corrected chi connectivity index (χ2v) is 11.0. The van der Waals surface area contributed by atoms with Crippen LogP contribution in [0.3, 0.4) is 0 Å². The van der Waals surface area contributed by atoms with Crippen LogP contribution in [0.4, 0.5) is 5.69 Å². The minimum Gasteiger partial charge on any atom is -0.455 e. The van der Waals surface area contributed by atoms with Crippen LogP contribution in [-0.2, 0) is 0 Å². The Hall–Kier alpha value is -6.13. The molecule has 0 bridgehead atoms. The topological polar surface area (TPSA) is 50.2 Å². The van der Waals surface area contributed by atoms with E-state index in [9.17, 15) is 0 Å². The van der Waals surface area contributed by atoms with E-state index in [1.54, 1.807) is 0 Å². The molecule has 7 aromatic rings. The smallest absolute Gasteiger partial charge is 0.160 e. The van der Waals surface area contributed by atoms with Gasteiger partial charge in [-0.05, 0) is 41.8 Å². The Kier molecular flexibility index (Phi) is 8.00. The van der Waals surface area contributed by atoms with Gasteiger partial charge in [-0.1, -0.05) is 140 Å². The molecule has 0 spiro atoms. The van der Waals surface area contributed by atoms with E-state index < -0.39 is 0 Å². The molecule has 0 saturated carbocycles. The van der Waals surface area contributed by atoms with Crippen molar-refractivity contribution in [3.8, 4) is 11.1 Å². The van der Waals surface area contributed by atoms with Gasteiger partial charge in [0.25, 0.3) is 0 Å². The number of rotatable bonds is 7. The molecule has 0 aliphatic carbocycles. The predicted octanol–water partition coefficient (Wildman–Crippen LogP) is 10.9. The molecule has 1 heterocycles. The van der Waals surface area contributed by atoms with E-state index in [4.69, 9.17) is 14.4 Å². The van der Waals surface area contributed by atoms with Crippen molar-refractivity contribution in [3.63, 3.8) is 0 Å². The van der Waals surface area contributed by atoms with E-state index in [1.807, 2.05) is 116 Å². The molecule has 0 radical (unpaired) electrons. The van der Waals surface area contributed by atoms with E-state index in [0.717, 1.165) is 66.7 Å². The third kappa shape index (κ3) is 5.97. The van der Waals surface area contributed by atoms with Crippen LogP contribution in [0.5, 0.6) is 0 Å². The van der Waals surface area contributed by atoms with Gasteiger partial charge in [0.05, 0.1) is 11.4 Å². The molecule has 0 fully saturated rings. The monoisotopic (exact) mass is 593 g/mol. The van der Waals surface area contributed by atoms with Gasteiger partial charge in [0.15, 0.2) is 5.84 Å². The molecule has 0 aliphatic heterocycles. The van der Waals surface area contributed by atoms with Gasteiger partial charge in [0.1, 0.15) is 11.2 Å². The molecule has 6 aromatic carbocycles. The number of hydrogen-bond acceptors (Lipinski definition) is 3. The molecular weight excluding hydrogens is 562 g/mol. The Morgan fingerprint density at radius 3 is 1.89 bits per heavy atom. The maximum Gasteiger partial charge on any atom is 0.160 e. The highest BCUT2D eigenvalue weighted by Crippen LogP contribution is 2.39. The molecule has 0 saturated heterocycles. The van der Waals surface area contributed by atoms with Crippen LogP contribution >= 0.6 is 0 Å². The number of para-hydroxylation sites is 2. The molecule has 7 rings (SSSR count). The van der Waals surface area contributed by atoms with Gasteiger partial charge in [-0.25, -0.2) is 9.98 Å². The van der Waals surface area contributed by atoms with Gasteiger partial charge in [-0.2, -0.15) is 0 Å². The third-order valence-corrected chi connectivity index (χ3v) is 7.91. The molecule has 0 atom stereocenters. The first-order valence-corrected chi connectivity index (χ1v) is 15.2. The van der Waals surface area contributed by atoms with Crippen molar-refractivity contribution in [3.05, 3.63) is 180 Å². The highest BCUT2D eigenvalue weighted by Gasteiger charge is 2.16. The van der Waals surface area contributed by atoms with Crippen molar-refractivity contribution in [1.29, 1.82) is 0 Å².